The Morgan fingerprint density at radius 1 is 1.50 bits per heavy atom. The van der Waals surface area contributed by atoms with Gasteiger partial charge in [-0.15, -0.1) is 0 Å². The molecule has 0 saturated carbocycles. The Morgan fingerprint density at radius 3 is 3.38 bits per heavy atom. The van der Waals surface area contributed by atoms with E-state index in [9.17, 15) is 0 Å². The van der Waals surface area contributed by atoms with E-state index < -0.39 is 0 Å². The topological polar surface area (TPSA) is 12.4 Å². The van der Waals surface area contributed by atoms with Gasteiger partial charge in [-0.05, 0) is 5.41 Å². The fraction of sp³-hybridized carbons (Fsp3) is 0.167. The van der Waals surface area contributed by atoms with Gasteiger partial charge in [-0.1, -0.05) is 23.9 Å². The van der Waals surface area contributed by atoms with Gasteiger partial charge in [0, 0.05) is 12.1 Å². The van der Waals surface area contributed by atoms with Crippen LogP contribution < -0.4 is 0 Å². The fourth-order valence-corrected chi connectivity index (χ4v) is 1.65. The third-order valence-electron chi connectivity index (χ3n) is 1.26. The molecular formula is C6H5NS. The molecule has 0 bridgehead atoms. The second kappa shape index (κ2) is 1.49. The fourth-order valence-electron chi connectivity index (χ4n) is 0.827. The molecule has 0 saturated heterocycles. The Bertz CT molecular complexity index is 191. The summed E-state index contributed by atoms with van der Waals surface area (Å²) in [5, 5.41) is 3.32. The van der Waals surface area contributed by atoms with Gasteiger partial charge in [-0.3, -0.25) is 4.99 Å². The van der Waals surface area contributed by atoms with E-state index >= 15 is 0 Å². The first kappa shape index (κ1) is 4.39. The van der Waals surface area contributed by atoms with Gasteiger partial charge in [-0.25, -0.2) is 0 Å². The normalized spacial score (nSPS) is 31.0. The summed E-state index contributed by atoms with van der Waals surface area (Å²) >= 11 is 1.72. The van der Waals surface area contributed by atoms with Gasteiger partial charge in [0.1, 0.15) is 0 Å². The number of allylic oxidation sites excluding steroid dienone is 2. The molecule has 2 aliphatic rings. The predicted molar refractivity (Wildman–Crippen MR) is 36.8 cm³/mol. The van der Waals surface area contributed by atoms with Crippen molar-refractivity contribution in [2.75, 3.05) is 0 Å². The molecule has 1 nitrogen and oxygen atoms in total. The van der Waals surface area contributed by atoms with Crippen molar-refractivity contribution in [2.24, 2.45) is 10.9 Å². The molecule has 0 aliphatic carbocycles. The maximum absolute atomic E-state index is 4.13. The summed E-state index contributed by atoms with van der Waals surface area (Å²) in [7, 11) is 0. The number of fused-ring (bicyclic) bond motifs is 1. The van der Waals surface area contributed by atoms with Gasteiger partial charge in [-0.2, -0.15) is 0 Å². The minimum absolute atomic E-state index is 0.528. The number of thioether (sulfide) groups is 1. The van der Waals surface area contributed by atoms with Gasteiger partial charge in [0.15, 0.2) is 0 Å². The molecule has 0 N–H and O–H groups in total. The standard InChI is InChI=1S/C6H5NS/c1-3-7-6-5(1)2-4-8-6/h1-5H. The van der Waals surface area contributed by atoms with Crippen LogP contribution in [0.5, 0.6) is 0 Å². The summed E-state index contributed by atoms with van der Waals surface area (Å²) in [5.41, 5.74) is 0. The van der Waals surface area contributed by atoms with Crippen LogP contribution in [0.25, 0.3) is 0 Å². The summed E-state index contributed by atoms with van der Waals surface area (Å²) < 4.78 is 0. The van der Waals surface area contributed by atoms with Gasteiger partial charge >= 0.3 is 0 Å². The van der Waals surface area contributed by atoms with Gasteiger partial charge in [0.25, 0.3) is 0 Å². The van der Waals surface area contributed by atoms with Crippen LogP contribution in [0.3, 0.4) is 0 Å². The average Bonchev–Trinajstić information content (AvgIpc) is 2.15. The van der Waals surface area contributed by atoms with Gasteiger partial charge in [0.05, 0.1) is 5.04 Å². The first-order valence-corrected chi connectivity index (χ1v) is 3.42. The summed E-state index contributed by atoms with van der Waals surface area (Å²) in [5.74, 6) is 0.528. The third-order valence-corrected chi connectivity index (χ3v) is 2.17. The molecule has 2 heteroatoms. The van der Waals surface area contributed by atoms with Crippen molar-refractivity contribution >= 4 is 16.8 Å². The smallest absolute Gasteiger partial charge is 0.0880 e. The lowest BCUT2D eigenvalue weighted by molar-refractivity contribution is 1.21. The molecule has 40 valence electrons. The van der Waals surface area contributed by atoms with E-state index in [1.165, 1.54) is 5.04 Å². The zero-order valence-electron chi connectivity index (χ0n) is 4.24. The summed E-state index contributed by atoms with van der Waals surface area (Å²) in [6.45, 7) is 0. The highest BCUT2D eigenvalue weighted by atomic mass is 32.2. The molecule has 0 spiro atoms. The minimum atomic E-state index is 0.528. The summed E-state index contributed by atoms with van der Waals surface area (Å²) in [4.78, 5) is 4.13. The van der Waals surface area contributed by atoms with Gasteiger partial charge < -0.3 is 0 Å². The van der Waals surface area contributed by atoms with E-state index in [0.717, 1.165) is 0 Å². The van der Waals surface area contributed by atoms with Crippen LogP contribution in [0.15, 0.2) is 28.8 Å². The second-order valence-corrected chi connectivity index (χ2v) is 2.71. The van der Waals surface area contributed by atoms with E-state index in [0.29, 0.717) is 5.92 Å². The highest BCUT2D eigenvalue weighted by molar-refractivity contribution is 8.16. The average molecular weight is 123 g/mol. The summed E-state index contributed by atoms with van der Waals surface area (Å²) in [6, 6.07) is 0. The highest BCUT2D eigenvalue weighted by Crippen LogP contribution is 2.28. The first-order valence-electron chi connectivity index (χ1n) is 2.54. The van der Waals surface area contributed by atoms with Crippen molar-refractivity contribution in [2.45, 2.75) is 0 Å². The Kier molecular flexibility index (Phi) is 0.815. The monoisotopic (exact) mass is 123 g/mol. The lowest BCUT2D eigenvalue weighted by Crippen LogP contribution is -1.93. The maximum atomic E-state index is 4.13. The van der Waals surface area contributed by atoms with Crippen molar-refractivity contribution < 1.29 is 0 Å². The molecule has 0 radical (unpaired) electrons. The quantitative estimate of drug-likeness (QED) is 0.478. The third kappa shape index (κ3) is 0.464. The number of hydrogen-bond donors (Lipinski definition) is 0. The molecule has 0 amide bonds. The van der Waals surface area contributed by atoms with Crippen LogP contribution in [0.2, 0.25) is 0 Å². The molecule has 2 heterocycles. The largest absolute Gasteiger partial charge is 0.253 e. The van der Waals surface area contributed by atoms with E-state index in [1.807, 2.05) is 6.20 Å². The highest BCUT2D eigenvalue weighted by Gasteiger charge is 2.17. The second-order valence-electron chi connectivity index (χ2n) is 1.78. The van der Waals surface area contributed by atoms with Crippen molar-refractivity contribution in [3.63, 3.8) is 0 Å². The molecule has 2 aliphatic heterocycles. The molecule has 2 rings (SSSR count). The van der Waals surface area contributed by atoms with Crippen molar-refractivity contribution in [1.29, 1.82) is 0 Å². The van der Waals surface area contributed by atoms with Crippen molar-refractivity contribution in [3.8, 4) is 0 Å². The van der Waals surface area contributed by atoms with Crippen LogP contribution in [-0.4, -0.2) is 5.04 Å². The zero-order valence-corrected chi connectivity index (χ0v) is 5.06. The number of rotatable bonds is 0. The maximum Gasteiger partial charge on any atom is 0.0880 e. The van der Waals surface area contributed by atoms with Crippen LogP contribution in [0.1, 0.15) is 0 Å². The molecule has 0 fully saturated rings. The predicted octanol–water partition coefficient (Wildman–Crippen LogP) is 1.79. The first-order chi connectivity index (χ1) is 3.97. The lowest BCUT2D eigenvalue weighted by Gasteiger charge is -1.91. The number of hydrogen-bond acceptors (Lipinski definition) is 2. The van der Waals surface area contributed by atoms with Crippen molar-refractivity contribution in [3.05, 3.63) is 23.8 Å². The Labute approximate surface area is 52.2 Å². The summed E-state index contributed by atoms with van der Waals surface area (Å²) in [6.07, 6.45) is 6.13. The lowest BCUT2D eigenvalue weighted by atomic mass is 10.2. The van der Waals surface area contributed by atoms with Crippen LogP contribution in [0, 0.1) is 5.92 Å². The van der Waals surface area contributed by atoms with Crippen molar-refractivity contribution in [1.82, 2.24) is 0 Å². The van der Waals surface area contributed by atoms with E-state index in [-0.39, 0.29) is 0 Å². The number of aliphatic imine (C=N–C) groups is 1. The van der Waals surface area contributed by atoms with Crippen LogP contribution >= 0.6 is 11.8 Å². The molecule has 0 aromatic rings. The molecular weight excluding hydrogens is 118 g/mol. The Hall–Kier alpha value is -0.500. The molecule has 1 unspecified atom stereocenters. The zero-order chi connectivity index (χ0) is 5.40. The van der Waals surface area contributed by atoms with Crippen LogP contribution in [0.4, 0.5) is 0 Å². The SMILES string of the molecule is C1=CC2C=CSC2=N1. The molecule has 8 heavy (non-hydrogen) atoms. The van der Waals surface area contributed by atoms with Gasteiger partial charge in [0.2, 0.25) is 0 Å². The molecule has 0 aromatic carbocycles. The van der Waals surface area contributed by atoms with E-state index in [2.05, 4.69) is 22.6 Å². The Morgan fingerprint density at radius 2 is 2.50 bits per heavy atom. The number of nitrogens with zero attached hydrogens (tertiary/aromatic N) is 1. The minimum Gasteiger partial charge on any atom is -0.253 e. The Balaban J connectivity index is 2.39. The molecule has 0 aromatic heterocycles. The van der Waals surface area contributed by atoms with Crippen LogP contribution in [-0.2, 0) is 0 Å². The molecule has 1 atom stereocenters. The van der Waals surface area contributed by atoms with E-state index in [1.54, 1.807) is 11.8 Å². The van der Waals surface area contributed by atoms with E-state index in [4.69, 9.17) is 0 Å².